The number of anilines is 1. The van der Waals surface area contributed by atoms with Gasteiger partial charge in [-0.1, -0.05) is 39.0 Å². The topological polar surface area (TPSA) is 186 Å². The van der Waals surface area contributed by atoms with E-state index < -0.39 is 37.0 Å². The Bertz CT molecular complexity index is 1500. The van der Waals surface area contributed by atoms with Crippen LogP contribution in [0.3, 0.4) is 0 Å². The average molecular weight is 574 g/mol. The van der Waals surface area contributed by atoms with Gasteiger partial charge in [0.2, 0.25) is 0 Å². The molecule has 1 fully saturated rings. The first-order valence-corrected chi connectivity index (χ1v) is 16.6. The number of fused-ring (bicyclic) bond motifs is 1. The van der Waals surface area contributed by atoms with Crippen LogP contribution in [-0.2, 0) is 19.4 Å². The van der Waals surface area contributed by atoms with Crippen LogP contribution in [0.5, 0.6) is 0 Å². The lowest BCUT2D eigenvalue weighted by Crippen LogP contribution is -2.47. The van der Waals surface area contributed by atoms with Crippen molar-refractivity contribution in [3.63, 3.8) is 0 Å². The number of rotatable bonds is 9. The van der Waals surface area contributed by atoms with Crippen molar-refractivity contribution < 1.29 is 22.4 Å². The third-order valence-corrected chi connectivity index (χ3v) is 12.3. The minimum Gasteiger partial charge on any atom is -0.411 e. The molecule has 0 bridgehead atoms. The number of ether oxygens (including phenoxy) is 1. The molecule has 1 aliphatic heterocycles. The van der Waals surface area contributed by atoms with Crippen LogP contribution in [0.1, 0.15) is 43.8 Å². The molecule has 16 heteroatoms. The monoisotopic (exact) mass is 573 g/mol. The predicted octanol–water partition coefficient (Wildman–Crippen LogP) is 3.90. The fourth-order valence-electron chi connectivity index (χ4n) is 3.92. The van der Waals surface area contributed by atoms with E-state index in [2.05, 4.69) is 68.3 Å². The van der Waals surface area contributed by atoms with E-state index in [0.717, 1.165) is 0 Å². The van der Waals surface area contributed by atoms with Crippen molar-refractivity contribution in [1.29, 1.82) is 0 Å². The summed E-state index contributed by atoms with van der Waals surface area (Å²) >= 11 is 0. The molecule has 0 saturated carbocycles. The standard InChI is InChI=1S/C23H31N9O5SSi/c1-23(2,3)39(4,5)37-16-11-18(36-17(16)12-28-38(34,35)31-30-24)32-14-27-19-20(25-13-26-21(19)32)29-22(33)15-9-7-6-8-10-15/h6-10,13-14,16-18,28H,11-12H2,1-5H3,(H,25,26,29,33)/t16-,17+,18+/m0/s1. The van der Waals surface area contributed by atoms with Crippen molar-refractivity contribution in [2.45, 2.75) is 63.8 Å². The summed E-state index contributed by atoms with van der Waals surface area (Å²) in [4.78, 5) is 28.0. The molecule has 39 heavy (non-hydrogen) atoms. The maximum Gasteiger partial charge on any atom is 0.300 e. The SMILES string of the molecule is CC(C)(C)[Si](C)(C)O[C@H]1C[C@H](n2cnc3c(NC(=O)c4ccccc4)ncnc32)O[C@@H]1CNS(=O)(=O)N=[N+]=[N-]. The molecule has 14 nitrogen and oxygen atoms in total. The van der Waals surface area contributed by atoms with Crippen molar-refractivity contribution in [2.24, 2.45) is 4.52 Å². The zero-order valence-electron chi connectivity index (χ0n) is 22.3. The summed E-state index contributed by atoms with van der Waals surface area (Å²) in [5, 5.41) is 2.68. The Balaban J connectivity index is 1.60. The fourth-order valence-corrected chi connectivity index (χ4v) is 5.81. The number of carbonyl (C=O) groups is 1. The van der Waals surface area contributed by atoms with Crippen LogP contribution in [0.2, 0.25) is 18.1 Å². The minimum absolute atomic E-state index is 0.0962. The lowest BCUT2D eigenvalue weighted by atomic mass is 10.2. The van der Waals surface area contributed by atoms with Crippen LogP contribution < -0.4 is 10.0 Å². The van der Waals surface area contributed by atoms with E-state index in [9.17, 15) is 13.2 Å². The van der Waals surface area contributed by atoms with Crippen molar-refractivity contribution in [2.75, 3.05) is 11.9 Å². The van der Waals surface area contributed by atoms with Crippen LogP contribution in [0, 0.1) is 0 Å². The quantitative estimate of drug-likeness (QED) is 0.167. The highest BCUT2D eigenvalue weighted by Crippen LogP contribution is 2.41. The molecule has 1 aromatic carbocycles. The highest BCUT2D eigenvalue weighted by atomic mass is 32.2. The number of amides is 1. The van der Waals surface area contributed by atoms with Crippen LogP contribution in [-0.4, -0.2) is 60.9 Å². The predicted molar refractivity (Wildman–Crippen MR) is 146 cm³/mol. The fraction of sp³-hybridized carbons (Fsp3) is 0.478. The first-order valence-electron chi connectivity index (χ1n) is 12.2. The Morgan fingerprint density at radius 1 is 1.26 bits per heavy atom. The molecule has 0 spiro atoms. The lowest BCUT2D eigenvalue weighted by Gasteiger charge is -2.39. The Kier molecular flexibility index (Phi) is 8.06. The summed E-state index contributed by atoms with van der Waals surface area (Å²) in [6, 6.07) is 8.74. The zero-order valence-corrected chi connectivity index (χ0v) is 24.1. The molecule has 4 rings (SSSR count). The molecule has 1 saturated heterocycles. The molecule has 1 aliphatic rings. The second-order valence-corrected chi connectivity index (χ2v) is 16.8. The Hall–Kier alpha value is -3.40. The maximum absolute atomic E-state index is 12.7. The van der Waals surface area contributed by atoms with Gasteiger partial charge in [-0.25, -0.2) is 28.1 Å². The maximum atomic E-state index is 12.7. The molecule has 3 atom stereocenters. The molecular weight excluding hydrogens is 542 g/mol. The van der Waals surface area contributed by atoms with E-state index in [-0.39, 0.29) is 23.3 Å². The first kappa shape index (κ1) is 28.6. The minimum atomic E-state index is -4.21. The van der Waals surface area contributed by atoms with Crippen LogP contribution >= 0.6 is 0 Å². The smallest absolute Gasteiger partial charge is 0.300 e. The number of hydrogen-bond donors (Lipinski definition) is 2. The summed E-state index contributed by atoms with van der Waals surface area (Å²) < 4.78 is 43.6. The van der Waals surface area contributed by atoms with Gasteiger partial charge in [0.1, 0.15) is 12.6 Å². The van der Waals surface area contributed by atoms with Gasteiger partial charge in [-0.2, -0.15) is 0 Å². The van der Waals surface area contributed by atoms with E-state index in [1.807, 2.05) is 6.07 Å². The second kappa shape index (κ2) is 11.0. The normalized spacial score (nSPS) is 20.1. The number of aromatic nitrogens is 4. The molecule has 0 unspecified atom stereocenters. The molecule has 3 heterocycles. The third-order valence-electron chi connectivity index (χ3n) is 6.98. The second-order valence-electron chi connectivity index (χ2n) is 10.6. The Labute approximate surface area is 227 Å². The highest BCUT2D eigenvalue weighted by Gasteiger charge is 2.45. The number of nitrogens with one attached hydrogen (secondary N) is 2. The van der Waals surface area contributed by atoms with E-state index in [1.165, 1.54) is 12.7 Å². The Morgan fingerprint density at radius 2 is 1.97 bits per heavy atom. The van der Waals surface area contributed by atoms with Crippen LogP contribution in [0.4, 0.5) is 5.82 Å². The van der Waals surface area contributed by atoms with Crippen molar-refractivity contribution in [1.82, 2.24) is 24.2 Å². The molecular formula is C23H31N9O5SSi. The van der Waals surface area contributed by atoms with Gasteiger partial charge in [0.25, 0.3) is 16.1 Å². The number of benzene rings is 1. The van der Waals surface area contributed by atoms with E-state index >= 15 is 0 Å². The van der Waals surface area contributed by atoms with Gasteiger partial charge >= 0.3 is 0 Å². The van der Waals surface area contributed by atoms with Gasteiger partial charge in [0.15, 0.2) is 25.3 Å². The zero-order chi connectivity index (χ0) is 28.4. The van der Waals surface area contributed by atoms with Gasteiger partial charge < -0.3 is 14.5 Å². The summed E-state index contributed by atoms with van der Waals surface area (Å²) in [6.07, 6.45) is 1.53. The molecule has 1 amide bonds. The van der Waals surface area contributed by atoms with Crippen molar-refractivity contribution >= 4 is 41.4 Å². The van der Waals surface area contributed by atoms with Gasteiger partial charge in [-0.05, 0) is 35.8 Å². The van der Waals surface area contributed by atoms with E-state index in [0.29, 0.717) is 23.1 Å². The molecule has 3 aromatic rings. The van der Waals surface area contributed by atoms with Crippen molar-refractivity contribution in [3.05, 3.63) is 59.0 Å². The van der Waals surface area contributed by atoms with E-state index in [4.69, 9.17) is 14.7 Å². The van der Waals surface area contributed by atoms with Gasteiger partial charge in [-0.3, -0.25) is 9.36 Å². The molecule has 208 valence electrons. The molecule has 2 N–H and O–H groups in total. The first-order chi connectivity index (χ1) is 18.3. The molecule has 2 aromatic heterocycles. The lowest BCUT2D eigenvalue weighted by molar-refractivity contribution is -0.0112. The average Bonchev–Trinajstić information content (AvgIpc) is 3.47. The number of imidazole rings is 1. The molecule has 0 aliphatic carbocycles. The summed E-state index contributed by atoms with van der Waals surface area (Å²) in [7, 11) is -6.47. The number of azide groups is 1. The third kappa shape index (κ3) is 6.43. The Morgan fingerprint density at radius 3 is 2.64 bits per heavy atom. The van der Waals surface area contributed by atoms with Gasteiger partial charge in [-0.15, -0.1) is 0 Å². The van der Waals surface area contributed by atoms with Gasteiger partial charge in [0, 0.05) is 28.0 Å². The summed E-state index contributed by atoms with van der Waals surface area (Å²) in [5.74, 6) is -0.0872. The number of nitrogens with zero attached hydrogens (tertiary/aromatic N) is 7. The van der Waals surface area contributed by atoms with E-state index in [1.54, 1.807) is 28.8 Å². The van der Waals surface area contributed by atoms with Crippen molar-refractivity contribution in [3.8, 4) is 0 Å². The highest BCUT2D eigenvalue weighted by molar-refractivity contribution is 7.88. The summed E-state index contributed by atoms with van der Waals surface area (Å²) in [6.45, 7) is 10.4. The largest absolute Gasteiger partial charge is 0.411 e. The van der Waals surface area contributed by atoms with Crippen LogP contribution in [0.15, 0.2) is 47.5 Å². The number of hydrogen-bond acceptors (Lipinski definition) is 8. The summed E-state index contributed by atoms with van der Waals surface area (Å²) in [5.41, 5.74) is 9.81. The van der Waals surface area contributed by atoms with Crippen LogP contribution in [0.25, 0.3) is 21.6 Å². The number of carbonyl (C=O) groups excluding carboxylic acids is 1. The van der Waals surface area contributed by atoms with Gasteiger partial charge in [0.05, 0.1) is 18.5 Å². The molecule has 0 radical (unpaired) electrons.